The summed E-state index contributed by atoms with van der Waals surface area (Å²) in [6.07, 6.45) is 0. The summed E-state index contributed by atoms with van der Waals surface area (Å²) in [4.78, 5) is 11.2. The topological polar surface area (TPSA) is 47.6 Å². The van der Waals surface area contributed by atoms with Crippen LogP contribution in [0.3, 0.4) is 0 Å². The van der Waals surface area contributed by atoms with E-state index in [9.17, 15) is 9.18 Å². The Labute approximate surface area is 86.0 Å². The van der Waals surface area contributed by atoms with Crippen LogP contribution in [-0.2, 0) is 9.53 Å². The summed E-state index contributed by atoms with van der Waals surface area (Å²) >= 11 is 0. The van der Waals surface area contributed by atoms with Crippen molar-refractivity contribution in [2.45, 2.75) is 6.04 Å². The van der Waals surface area contributed by atoms with Gasteiger partial charge in [-0.3, -0.25) is 0 Å². The molecule has 0 spiro atoms. The molecule has 1 heterocycles. The number of anilines is 1. The fourth-order valence-corrected chi connectivity index (χ4v) is 1.43. The lowest BCUT2D eigenvalue weighted by Gasteiger charge is -2.25. The van der Waals surface area contributed by atoms with Crippen molar-refractivity contribution < 1.29 is 18.7 Å². The van der Waals surface area contributed by atoms with Gasteiger partial charge >= 0.3 is 5.97 Å². The maximum absolute atomic E-state index is 13.2. The van der Waals surface area contributed by atoms with Gasteiger partial charge in [-0.05, 0) is 12.1 Å². The van der Waals surface area contributed by atoms with Gasteiger partial charge in [0.15, 0.2) is 17.6 Å². The average Bonchev–Trinajstić information content (AvgIpc) is 2.28. The van der Waals surface area contributed by atoms with E-state index in [-0.39, 0.29) is 12.4 Å². The Morgan fingerprint density at radius 2 is 2.47 bits per heavy atom. The number of halogens is 1. The quantitative estimate of drug-likeness (QED) is 0.708. The summed E-state index contributed by atoms with van der Waals surface area (Å²) in [6, 6.07) is 3.92. The van der Waals surface area contributed by atoms with Crippen LogP contribution in [0.2, 0.25) is 0 Å². The van der Waals surface area contributed by atoms with Crippen LogP contribution in [0.5, 0.6) is 5.75 Å². The van der Waals surface area contributed by atoms with Crippen LogP contribution in [-0.4, -0.2) is 25.7 Å². The predicted molar refractivity (Wildman–Crippen MR) is 51.3 cm³/mol. The molecule has 0 saturated carbocycles. The van der Waals surface area contributed by atoms with E-state index in [1.807, 2.05) is 0 Å². The SMILES string of the molecule is COC(=O)C1COc2c(F)cccc2N1. The molecule has 0 radical (unpaired) electrons. The second-order valence-electron chi connectivity index (χ2n) is 3.15. The number of rotatable bonds is 1. The molecule has 1 aromatic rings. The van der Waals surface area contributed by atoms with E-state index in [4.69, 9.17) is 4.74 Å². The standard InChI is InChI=1S/C10H10FNO3/c1-14-10(13)8-5-15-9-6(11)3-2-4-7(9)12-8/h2-4,8,12H,5H2,1H3. The normalized spacial score (nSPS) is 18.4. The molecule has 2 rings (SSSR count). The van der Waals surface area contributed by atoms with Gasteiger partial charge in [-0.25, -0.2) is 9.18 Å². The zero-order valence-corrected chi connectivity index (χ0v) is 8.12. The third-order valence-electron chi connectivity index (χ3n) is 2.18. The second kappa shape index (κ2) is 3.76. The van der Waals surface area contributed by atoms with Crippen LogP contribution in [0, 0.1) is 5.82 Å². The minimum atomic E-state index is -0.579. The maximum Gasteiger partial charge on any atom is 0.331 e. The largest absolute Gasteiger partial charge is 0.486 e. The third kappa shape index (κ3) is 1.72. The number of hydrogen-bond donors (Lipinski definition) is 1. The lowest BCUT2D eigenvalue weighted by Crippen LogP contribution is -2.39. The Balaban J connectivity index is 2.24. The molecule has 1 aromatic carbocycles. The number of ether oxygens (including phenoxy) is 2. The van der Waals surface area contributed by atoms with Crippen molar-refractivity contribution in [1.29, 1.82) is 0 Å². The van der Waals surface area contributed by atoms with Gasteiger partial charge in [-0.2, -0.15) is 0 Å². The van der Waals surface area contributed by atoms with Crippen molar-refractivity contribution >= 4 is 11.7 Å². The summed E-state index contributed by atoms with van der Waals surface area (Å²) in [5.74, 6) is -0.717. The van der Waals surface area contributed by atoms with Crippen LogP contribution < -0.4 is 10.1 Å². The Morgan fingerprint density at radius 1 is 1.67 bits per heavy atom. The molecule has 1 unspecified atom stereocenters. The van der Waals surface area contributed by atoms with Crippen molar-refractivity contribution in [1.82, 2.24) is 0 Å². The van der Waals surface area contributed by atoms with E-state index in [1.165, 1.54) is 13.2 Å². The van der Waals surface area contributed by atoms with Gasteiger partial charge in [0.05, 0.1) is 12.8 Å². The van der Waals surface area contributed by atoms with Gasteiger partial charge in [0.25, 0.3) is 0 Å². The van der Waals surface area contributed by atoms with E-state index < -0.39 is 17.8 Å². The molecule has 1 atom stereocenters. The number of methoxy groups -OCH3 is 1. The van der Waals surface area contributed by atoms with Crippen LogP contribution >= 0.6 is 0 Å². The lowest BCUT2D eigenvalue weighted by atomic mass is 10.2. The minimum Gasteiger partial charge on any atom is -0.486 e. The summed E-state index contributed by atoms with van der Waals surface area (Å²) < 4.78 is 22.9. The molecule has 0 bridgehead atoms. The zero-order valence-electron chi connectivity index (χ0n) is 8.12. The van der Waals surface area contributed by atoms with Crippen molar-refractivity contribution in [2.24, 2.45) is 0 Å². The molecule has 1 aliphatic heterocycles. The maximum atomic E-state index is 13.2. The summed E-state index contributed by atoms with van der Waals surface area (Å²) in [5, 5.41) is 2.85. The highest BCUT2D eigenvalue weighted by Gasteiger charge is 2.27. The van der Waals surface area contributed by atoms with Crippen LogP contribution in [0.25, 0.3) is 0 Å². The van der Waals surface area contributed by atoms with Crippen LogP contribution in [0.15, 0.2) is 18.2 Å². The molecule has 15 heavy (non-hydrogen) atoms. The molecule has 5 heteroatoms. The fourth-order valence-electron chi connectivity index (χ4n) is 1.43. The number of carbonyl (C=O) groups is 1. The Bertz CT molecular complexity index is 394. The average molecular weight is 211 g/mol. The predicted octanol–water partition coefficient (Wildman–Crippen LogP) is 1.17. The Hall–Kier alpha value is -1.78. The van der Waals surface area contributed by atoms with Gasteiger partial charge in [-0.1, -0.05) is 6.07 Å². The van der Waals surface area contributed by atoms with Gasteiger partial charge < -0.3 is 14.8 Å². The number of para-hydroxylation sites is 1. The van der Waals surface area contributed by atoms with Gasteiger partial charge in [0, 0.05) is 0 Å². The van der Waals surface area contributed by atoms with E-state index in [0.29, 0.717) is 5.69 Å². The highest BCUT2D eigenvalue weighted by Crippen LogP contribution is 2.31. The first-order valence-electron chi connectivity index (χ1n) is 4.48. The van der Waals surface area contributed by atoms with E-state index in [1.54, 1.807) is 12.1 Å². The highest BCUT2D eigenvalue weighted by molar-refractivity contribution is 5.81. The fraction of sp³-hybridized carbons (Fsp3) is 0.300. The first kappa shape index (κ1) is 9.76. The van der Waals surface area contributed by atoms with Crippen molar-refractivity contribution in [3.05, 3.63) is 24.0 Å². The summed E-state index contributed by atoms with van der Waals surface area (Å²) in [7, 11) is 1.30. The molecule has 80 valence electrons. The molecule has 0 amide bonds. The monoisotopic (exact) mass is 211 g/mol. The number of hydrogen-bond acceptors (Lipinski definition) is 4. The summed E-state index contributed by atoms with van der Waals surface area (Å²) in [6.45, 7) is 0.0700. The molecular formula is C10H10FNO3. The lowest BCUT2D eigenvalue weighted by molar-refractivity contribution is -0.142. The summed E-state index contributed by atoms with van der Waals surface area (Å²) in [5.41, 5.74) is 0.469. The Morgan fingerprint density at radius 3 is 3.20 bits per heavy atom. The van der Waals surface area contributed by atoms with Gasteiger partial charge in [-0.15, -0.1) is 0 Å². The Kier molecular flexibility index (Phi) is 2.45. The third-order valence-corrected chi connectivity index (χ3v) is 2.18. The number of fused-ring (bicyclic) bond motifs is 1. The van der Waals surface area contributed by atoms with Crippen LogP contribution in [0.4, 0.5) is 10.1 Å². The molecule has 1 aliphatic rings. The highest BCUT2D eigenvalue weighted by atomic mass is 19.1. The number of nitrogens with one attached hydrogen (secondary N) is 1. The number of benzene rings is 1. The molecule has 0 aromatic heterocycles. The van der Waals surface area contributed by atoms with Crippen molar-refractivity contribution in [3.63, 3.8) is 0 Å². The zero-order chi connectivity index (χ0) is 10.8. The molecule has 1 N–H and O–H groups in total. The van der Waals surface area contributed by atoms with E-state index in [2.05, 4.69) is 10.1 Å². The smallest absolute Gasteiger partial charge is 0.331 e. The van der Waals surface area contributed by atoms with Crippen molar-refractivity contribution in [3.8, 4) is 5.75 Å². The molecule has 4 nitrogen and oxygen atoms in total. The molecule has 0 aliphatic carbocycles. The molecular weight excluding hydrogens is 201 g/mol. The molecule has 0 fully saturated rings. The first-order valence-corrected chi connectivity index (χ1v) is 4.48. The van der Waals surface area contributed by atoms with E-state index >= 15 is 0 Å². The van der Waals surface area contributed by atoms with E-state index in [0.717, 1.165) is 0 Å². The first-order chi connectivity index (χ1) is 7.22. The number of carbonyl (C=O) groups excluding carboxylic acids is 1. The number of esters is 1. The second-order valence-corrected chi connectivity index (χ2v) is 3.15. The van der Waals surface area contributed by atoms with Crippen molar-refractivity contribution in [2.75, 3.05) is 19.0 Å². The van der Waals surface area contributed by atoms with Gasteiger partial charge in [0.1, 0.15) is 6.61 Å². The molecule has 0 saturated heterocycles. The van der Waals surface area contributed by atoms with Gasteiger partial charge in [0.2, 0.25) is 0 Å². The minimum absolute atomic E-state index is 0.0700. The van der Waals surface area contributed by atoms with Crippen LogP contribution in [0.1, 0.15) is 0 Å².